The summed E-state index contributed by atoms with van der Waals surface area (Å²) in [5.41, 5.74) is -4.11. The van der Waals surface area contributed by atoms with Crippen molar-refractivity contribution in [1.29, 1.82) is 0 Å². The van der Waals surface area contributed by atoms with Gasteiger partial charge in [0.15, 0.2) is 5.96 Å². The molecule has 154 valence electrons. The Morgan fingerprint density at radius 2 is 2.04 bits per heavy atom. The van der Waals surface area contributed by atoms with Gasteiger partial charge in [0, 0.05) is 46.0 Å². The molecule has 0 spiro atoms. The van der Waals surface area contributed by atoms with Crippen molar-refractivity contribution in [3.63, 3.8) is 0 Å². The third-order valence-corrected chi connectivity index (χ3v) is 5.97. The topological polar surface area (TPSA) is 91.6 Å². The lowest BCUT2D eigenvalue weighted by molar-refractivity contribution is -0.0494. The third kappa shape index (κ3) is 5.83. The van der Waals surface area contributed by atoms with Crippen LogP contribution in [0.2, 0.25) is 0 Å². The van der Waals surface area contributed by atoms with E-state index in [1.165, 1.54) is 0 Å². The Morgan fingerprint density at radius 3 is 2.56 bits per heavy atom. The van der Waals surface area contributed by atoms with Crippen molar-refractivity contribution in [2.24, 2.45) is 12.0 Å². The molecule has 1 aliphatic heterocycles. The first-order valence-corrected chi connectivity index (χ1v) is 10.1. The van der Waals surface area contributed by atoms with Gasteiger partial charge in [-0.2, -0.15) is 22.6 Å². The number of nitrogens with one attached hydrogen (secondary N) is 2. The third-order valence-electron chi connectivity index (χ3n) is 4.34. The normalized spacial score (nSPS) is 17.9. The number of aryl methyl sites for hydroxylation is 2. The van der Waals surface area contributed by atoms with Crippen molar-refractivity contribution in [2.45, 2.75) is 37.2 Å². The summed E-state index contributed by atoms with van der Waals surface area (Å²) in [5, 5.41) is 10.4. The molecular formula is C15H25F3N6O2S. The molecule has 0 radical (unpaired) electrons. The van der Waals surface area contributed by atoms with Gasteiger partial charge in [-0.15, -0.1) is 0 Å². The van der Waals surface area contributed by atoms with Crippen molar-refractivity contribution < 1.29 is 21.6 Å². The van der Waals surface area contributed by atoms with Gasteiger partial charge in [0.05, 0.1) is 6.20 Å². The lowest BCUT2D eigenvalue weighted by Crippen LogP contribution is -2.51. The van der Waals surface area contributed by atoms with E-state index >= 15 is 0 Å². The molecule has 1 aliphatic rings. The van der Waals surface area contributed by atoms with E-state index in [9.17, 15) is 21.6 Å². The summed E-state index contributed by atoms with van der Waals surface area (Å²) in [5.74, 6) is 0.554. The SMILES string of the molecule is CN=C(NCCCc1cnn(C)c1)NC1CCN(S(=O)(=O)C(F)(F)F)CC1. The van der Waals surface area contributed by atoms with Crippen molar-refractivity contribution in [3.8, 4) is 0 Å². The summed E-state index contributed by atoms with van der Waals surface area (Å²) in [6.45, 7) is 0.338. The molecule has 12 heteroatoms. The predicted octanol–water partition coefficient (Wildman–Crippen LogP) is 0.832. The highest BCUT2D eigenvalue weighted by Gasteiger charge is 2.50. The van der Waals surface area contributed by atoms with Gasteiger partial charge in [-0.25, -0.2) is 8.42 Å². The molecule has 1 fully saturated rings. The number of aliphatic imine (C=N–C) groups is 1. The Labute approximate surface area is 156 Å². The molecule has 0 atom stereocenters. The highest BCUT2D eigenvalue weighted by Crippen LogP contribution is 2.28. The number of piperidine rings is 1. The predicted molar refractivity (Wildman–Crippen MR) is 95.6 cm³/mol. The highest BCUT2D eigenvalue weighted by atomic mass is 32.2. The monoisotopic (exact) mass is 410 g/mol. The van der Waals surface area contributed by atoms with Crippen molar-refractivity contribution in [3.05, 3.63) is 18.0 Å². The van der Waals surface area contributed by atoms with Gasteiger partial charge < -0.3 is 10.6 Å². The molecule has 0 saturated carbocycles. The number of sulfonamides is 1. The fourth-order valence-corrected chi connectivity index (χ4v) is 3.86. The standard InChI is InChI=1S/C15H25F3N6O2S/c1-19-14(20-7-3-4-12-10-21-23(2)11-12)22-13-5-8-24(9-6-13)27(25,26)15(16,17)18/h10-11,13H,3-9H2,1-2H3,(H2,19,20,22). The average molecular weight is 410 g/mol. The van der Waals surface area contributed by atoms with Crippen LogP contribution < -0.4 is 10.6 Å². The fraction of sp³-hybridized carbons (Fsp3) is 0.733. The zero-order chi connectivity index (χ0) is 20.1. The molecule has 1 aromatic rings. The van der Waals surface area contributed by atoms with Gasteiger partial charge >= 0.3 is 15.5 Å². The molecule has 1 aromatic heterocycles. The maximum absolute atomic E-state index is 12.6. The van der Waals surface area contributed by atoms with Crippen LogP contribution in [0.3, 0.4) is 0 Å². The van der Waals surface area contributed by atoms with Crippen LogP contribution in [-0.4, -0.2) is 66.7 Å². The lowest BCUT2D eigenvalue weighted by atomic mass is 10.1. The van der Waals surface area contributed by atoms with Crippen LogP contribution in [-0.2, 0) is 23.5 Å². The lowest BCUT2D eigenvalue weighted by Gasteiger charge is -2.32. The molecular weight excluding hydrogens is 385 g/mol. The minimum atomic E-state index is -5.25. The van der Waals surface area contributed by atoms with Gasteiger partial charge in [-0.1, -0.05) is 0 Å². The first-order chi connectivity index (χ1) is 12.6. The van der Waals surface area contributed by atoms with E-state index in [1.54, 1.807) is 11.7 Å². The fourth-order valence-electron chi connectivity index (χ4n) is 2.88. The zero-order valence-electron chi connectivity index (χ0n) is 15.3. The maximum atomic E-state index is 12.6. The van der Waals surface area contributed by atoms with Gasteiger partial charge in [0.1, 0.15) is 0 Å². The molecule has 2 rings (SSSR count). The highest BCUT2D eigenvalue weighted by molar-refractivity contribution is 7.90. The maximum Gasteiger partial charge on any atom is 0.511 e. The van der Waals surface area contributed by atoms with E-state index < -0.39 is 15.5 Å². The number of nitrogens with zero attached hydrogens (tertiary/aromatic N) is 4. The minimum Gasteiger partial charge on any atom is -0.356 e. The average Bonchev–Trinajstić information content (AvgIpc) is 3.02. The van der Waals surface area contributed by atoms with Crippen LogP contribution in [0.25, 0.3) is 0 Å². The smallest absolute Gasteiger partial charge is 0.356 e. The van der Waals surface area contributed by atoms with Gasteiger partial charge in [0.25, 0.3) is 0 Å². The second kappa shape index (κ2) is 8.91. The van der Waals surface area contributed by atoms with E-state index in [-0.39, 0.29) is 32.0 Å². The number of halogens is 3. The molecule has 1 saturated heterocycles. The molecule has 2 N–H and O–H groups in total. The molecule has 0 bridgehead atoms. The molecule has 2 heterocycles. The van der Waals surface area contributed by atoms with E-state index in [4.69, 9.17) is 0 Å². The van der Waals surface area contributed by atoms with Crippen molar-refractivity contribution in [1.82, 2.24) is 24.7 Å². The van der Waals surface area contributed by atoms with Crippen LogP contribution in [0.1, 0.15) is 24.8 Å². The van der Waals surface area contributed by atoms with Crippen molar-refractivity contribution in [2.75, 3.05) is 26.7 Å². The minimum absolute atomic E-state index is 0.130. The second-order valence-electron chi connectivity index (χ2n) is 6.39. The number of rotatable bonds is 6. The Bertz CT molecular complexity index is 739. The van der Waals surface area contributed by atoms with Crippen molar-refractivity contribution >= 4 is 16.0 Å². The zero-order valence-corrected chi connectivity index (χ0v) is 16.1. The van der Waals surface area contributed by atoms with Crippen LogP contribution >= 0.6 is 0 Å². The van der Waals surface area contributed by atoms with Gasteiger partial charge in [-0.3, -0.25) is 9.67 Å². The van der Waals surface area contributed by atoms with Crippen LogP contribution in [0, 0.1) is 0 Å². The van der Waals surface area contributed by atoms with Gasteiger partial charge in [0.2, 0.25) is 0 Å². The second-order valence-corrected chi connectivity index (χ2v) is 8.32. The summed E-state index contributed by atoms with van der Waals surface area (Å²) in [4.78, 5) is 4.10. The molecule has 0 aliphatic carbocycles. The Hall–Kier alpha value is -1.82. The summed E-state index contributed by atoms with van der Waals surface area (Å²) in [6.07, 6.45) is 6.07. The molecule has 8 nitrogen and oxygen atoms in total. The number of aromatic nitrogens is 2. The van der Waals surface area contributed by atoms with E-state index in [0.29, 0.717) is 16.8 Å². The number of hydrogen-bond donors (Lipinski definition) is 2. The Kier molecular flexibility index (Phi) is 7.09. The number of guanidine groups is 1. The number of alkyl halides is 3. The van der Waals surface area contributed by atoms with Crippen LogP contribution in [0.4, 0.5) is 13.2 Å². The van der Waals surface area contributed by atoms with E-state index in [1.807, 2.05) is 19.4 Å². The summed E-state index contributed by atoms with van der Waals surface area (Å²) >= 11 is 0. The Balaban J connectivity index is 1.73. The molecule has 0 aromatic carbocycles. The molecule has 27 heavy (non-hydrogen) atoms. The van der Waals surface area contributed by atoms with E-state index in [0.717, 1.165) is 18.4 Å². The first-order valence-electron chi connectivity index (χ1n) is 8.64. The van der Waals surface area contributed by atoms with E-state index in [2.05, 4.69) is 20.7 Å². The first kappa shape index (κ1) is 21.5. The summed E-state index contributed by atoms with van der Waals surface area (Å²) in [6, 6.07) is -0.130. The van der Waals surface area contributed by atoms with Gasteiger partial charge in [-0.05, 0) is 31.2 Å². The summed E-state index contributed by atoms with van der Waals surface area (Å²) in [7, 11) is -1.78. The quantitative estimate of drug-likeness (QED) is 0.412. The summed E-state index contributed by atoms with van der Waals surface area (Å²) < 4.78 is 62.9. The number of hydrogen-bond acceptors (Lipinski definition) is 4. The Morgan fingerprint density at radius 1 is 1.37 bits per heavy atom. The van der Waals surface area contributed by atoms with Crippen LogP contribution in [0.15, 0.2) is 17.4 Å². The largest absolute Gasteiger partial charge is 0.511 e. The molecule has 0 amide bonds. The molecule has 0 unspecified atom stereocenters. The van der Waals surface area contributed by atoms with Crippen LogP contribution in [0.5, 0.6) is 0 Å².